The molecule has 0 aliphatic carbocycles. The first-order valence-corrected chi connectivity index (χ1v) is 5.75. The molecule has 0 spiro atoms. The minimum absolute atomic E-state index is 0.580. The Morgan fingerprint density at radius 3 is 1.79 bits per heavy atom. The Hall–Kier alpha value is -1.63. The first-order valence-electron chi connectivity index (χ1n) is 5.75. The molecule has 0 saturated heterocycles. The van der Waals surface area contributed by atoms with Gasteiger partial charge in [0.1, 0.15) is 0 Å². The van der Waals surface area contributed by atoms with E-state index in [1.54, 1.807) is 13.8 Å². The zero-order valence-corrected chi connectivity index (χ0v) is 12.1. The van der Waals surface area contributed by atoms with Crippen LogP contribution in [0.1, 0.15) is 27.7 Å². The van der Waals surface area contributed by atoms with Crippen molar-refractivity contribution in [1.82, 2.24) is 5.32 Å². The van der Waals surface area contributed by atoms with Gasteiger partial charge in [-0.1, -0.05) is 13.8 Å². The van der Waals surface area contributed by atoms with E-state index in [2.05, 4.69) is 14.8 Å². The van der Waals surface area contributed by atoms with Gasteiger partial charge in [-0.2, -0.15) is 0 Å². The Morgan fingerprint density at radius 2 is 1.53 bits per heavy atom. The standard InChI is InChI=1S/C12H21NO6/c1-7(2)12(10(16)19-6,13-8(3)14)11(4,17)9(15)18-5/h7,17H,1-6H3,(H,13,14)/t11-,12+/m0/s1. The quantitative estimate of drug-likeness (QED) is 0.663. The third-order valence-corrected chi connectivity index (χ3v) is 3.10. The van der Waals surface area contributed by atoms with Crippen LogP contribution >= 0.6 is 0 Å². The van der Waals surface area contributed by atoms with Gasteiger partial charge in [0.2, 0.25) is 5.91 Å². The van der Waals surface area contributed by atoms with E-state index in [0.29, 0.717) is 0 Å². The number of rotatable bonds is 5. The number of hydrogen-bond donors (Lipinski definition) is 2. The van der Waals surface area contributed by atoms with Crippen LogP contribution in [0.4, 0.5) is 0 Å². The van der Waals surface area contributed by atoms with E-state index in [1.165, 1.54) is 6.92 Å². The fraction of sp³-hybridized carbons (Fsp3) is 0.750. The van der Waals surface area contributed by atoms with Gasteiger partial charge in [-0.25, -0.2) is 9.59 Å². The van der Waals surface area contributed by atoms with Gasteiger partial charge in [0.05, 0.1) is 14.2 Å². The summed E-state index contributed by atoms with van der Waals surface area (Å²) in [6.45, 7) is 5.42. The summed E-state index contributed by atoms with van der Waals surface area (Å²) in [5, 5.41) is 12.8. The lowest BCUT2D eigenvalue weighted by atomic mass is 9.72. The lowest BCUT2D eigenvalue weighted by Gasteiger charge is -2.43. The van der Waals surface area contributed by atoms with Crippen molar-refractivity contribution in [2.24, 2.45) is 5.92 Å². The molecule has 110 valence electrons. The number of ether oxygens (including phenoxy) is 2. The Labute approximate surface area is 112 Å². The third kappa shape index (κ3) is 2.86. The minimum atomic E-state index is -2.27. The van der Waals surface area contributed by atoms with Gasteiger partial charge in [-0.3, -0.25) is 4.79 Å². The summed E-state index contributed by atoms with van der Waals surface area (Å²) in [4.78, 5) is 35.2. The molecule has 0 unspecified atom stereocenters. The van der Waals surface area contributed by atoms with Crippen molar-refractivity contribution in [2.75, 3.05) is 14.2 Å². The fourth-order valence-corrected chi connectivity index (χ4v) is 2.11. The van der Waals surface area contributed by atoms with E-state index in [1.807, 2.05) is 0 Å². The number of amides is 1. The molecule has 0 aromatic rings. The SMILES string of the molecule is COC(=O)[C@](C)(O)[C@](NC(C)=O)(C(=O)OC)C(C)C. The van der Waals surface area contributed by atoms with Crippen molar-refractivity contribution < 1.29 is 29.0 Å². The monoisotopic (exact) mass is 275 g/mol. The van der Waals surface area contributed by atoms with Crippen LogP contribution in [0.15, 0.2) is 0 Å². The number of hydrogen-bond acceptors (Lipinski definition) is 6. The van der Waals surface area contributed by atoms with Crippen molar-refractivity contribution in [3.8, 4) is 0 Å². The maximum absolute atomic E-state index is 12.1. The number of methoxy groups -OCH3 is 2. The maximum atomic E-state index is 12.1. The van der Waals surface area contributed by atoms with E-state index < -0.39 is 34.9 Å². The molecule has 2 atom stereocenters. The van der Waals surface area contributed by atoms with E-state index in [9.17, 15) is 19.5 Å². The Bertz CT molecular complexity index is 376. The number of carbonyl (C=O) groups is 3. The molecule has 7 nitrogen and oxygen atoms in total. The van der Waals surface area contributed by atoms with Gasteiger partial charge >= 0.3 is 11.9 Å². The highest BCUT2D eigenvalue weighted by Gasteiger charge is 2.62. The third-order valence-electron chi connectivity index (χ3n) is 3.10. The molecule has 7 heteroatoms. The highest BCUT2D eigenvalue weighted by atomic mass is 16.5. The van der Waals surface area contributed by atoms with Crippen LogP contribution in [0.2, 0.25) is 0 Å². The molecule has 0 aliphatic rings. The second kappa shape index (κ2) is 6.01. The molecule has 19 heavy (non-hydrogen) atoms. The predicted molar refractivity (Wildman–Crippen MR) is 66.0 cm³/mol. The summed E-state index contributed by atoms with van der Waals surface area (Å²) >= 11 is 0. The van der Waals surface area contributed by atoms with Gasteiger partial charge in [-0.05, 0) is 12.8 Å². The maximum Gasteiger partial charge on any atom is 0.340 e. The first-order chi connectivity index (χ1) is 8.57. The highest BCUT2D eigenvalue weighted by Crippen LogP contribution is 2.32. The molecule has 0 saturated carbocycles. The van der Waals surface area contributed by atoms with Crippen molar-refractivity contribution in [3.63, 3.8) is 0 Å². The van der Waals surface area contributed by atoms with E-state index in [4.69, 9.17) is 0 Å². The topological polar surface area (TPSA) is 102 Å². The smallest absolute Gasteiger partial charge is 0.340 e. The lowest BCUT2D eigenvalue weighted by molar-refractivity contribution is -0.187. The largest absolute Gasteiger partial charge is 0.467 e. The van der Waals surface area contributed by atoms with Crippen LogP contribution in [-0.4, -0.2) is 48.3 Å². The first kappa shape index (κ1) is 17.4. The molecule has 0 rings (SSSR count). The van der Waals surface area contributed by atoms with Crippen molar-refractivity contribution in [3.05, 3.63) is 0 Å². The molecule has 0 aromatic heterocycles. The van der Waals surface area contributed by atoms with Crippen LogP contribution in [0.25, 0.3) is 0 Å². The highest BCUT2D eigenvalue weighted by molar-refractivity contribution is 5.96. The second-order valence-electron chi connectivity index (χ2n) is 4.70. The number of esters is 2. The number of carbonyl (C=O) groups excluding carboxylic acids is 3. The van der Waals surface area contributed by atoms with Crippen molar-refractivity contribution in [1.29, 1.82) is 0 Å². The molecule has 0 heterocycles. The van der Waals surface area contributed by atoms with Crippen LogP contribution < -0.4 is 5.32 Å². The van der Waals surface area contributed by atoms with Gasteiger partial charge in [-0.15, -0.1) is 0 Å². The molecule has 2 N–H and O–H groups in total. The molecule has 0 radical (unpaired) electrons. The van der Waals surface area contributed by atoms with Crippen molar-refractivity contribution in [2.45, 2.75) is 38.8 Å². The van der Waals surface area contributed by atoms with Crippen LogP contribution in [0.3, 0.4) is 0 Å². The van der Waals surface area contributed by atoms with Crippen LogP contribution in [0.5, 0.6) is 0 Å². The fourth-order valence-electron chi connectivity index (χ4n) is 2.11. The van der Waals surface area contributed by atoms with E-state index >= 15 is 0 Å². The molecule has 0 bridgehead atoms. The van der Waals surface area contributed by atoms with Crippen LogP contribution in [-0.2, 0) is 23.9 Å². The van der Waals surface area contributed by atoms with E-state index in [0.717, 1.165) is 21.1 Å². The van der Waals surface area contributed by atoms with Gasteiger partial charge in [0.25, 0.3) is 0 Å². The molecule has 0 aromatic carbocycles. The number of nitrogens with one attached hydrogen (secondary N) is 1. The predicted octanol–water partition coefficient (Wildman–Crippen LogP) is -0.386. The summed E-state index contributed by atoms with van der Waals surface area (Å²) in [5.41, 5.74) is -4.20. The minimum Gasteiger partial charge on any atom is -0.467 e. The second-order valence-corrected chi connectivity index (χ2v) is 4.70. The molecule has 0 fully saturated rings. The summed E-state index contributed by atoms with van der Waals surface area (Å²) < 4.78 is 9.14. The molecular weight excluding hydrogens is 254 g/mol. The zero-order chi connectivity index (χ0) is 15.4. The Balaban J connectivity index is 6.05. The molecular formula is C12H21NO6. The summed E-state index contributed by atoms with van der Waals surface area (Å²) in [5.74, 6) is -3.16. The lowest BCUT2D eigenvalue weighted by Crippen LogP contribution is -2.73. The van der Waals surface area contributed by atoms with Crippen molar-refractivity contribution >= 4 is 17.8 Å². The zero-order valence-electron chi connectivity index (χ0n) is 12.1. The summed E-state index contributed by atoms with van der Waals surface area (Å²) in [7, 11) is 2.18. The normalized spacial score (nSPS) is 17.1. The van der Waals surface area contributed by atoms with Gasteiger partial charge in [0, 0.05) is 6.92 Å². The van der Waals surface area contributed by atoms with Crippen LogP contribution in [0, 0.1) is 5.92 Å². The summed E-state index contributed by atoms with van der Waals surface area (Å²) in [6, 6.07) is 0. The summed E-state index contributed by atoms with van der Waals surface area (Å²) in [6.07, 6.45) is 0. The van der Waals surface area contributed by atoms with E-state index in [-0.39, 0.29) is 0 Å². The van der Waals surface area contributed by atoms with Gasteiger partial charge in [0.15, 0.2) is 11.1 Å². The molecule has 0 aliphatic heterocycles. The number of aliphatic hydroxyl groups is 1. The average molecular weight is 275 g/mol. The Morgan fingerprint density at radius 1 is 1.11 bits per heavy atom. The average Bonchev–Trinajstić information content (AvgIpc) is 2.32. The van der Waals surface area contributed by atoms with Gasteiger partial charge < -0.3 is 19.9 Å². The molecule has 1 amide bonds. The Kier molecular flexibility index (Phi) is 5.49.